The van der Waals surface area contributed by atoms with Crippen LogP contribution in [0.5, 0.6) is 0 Å². The first kappa shape index (κ1) is 36.2. The number of carbonyl (C=O) groups is 1. The van der Waals surface area contributed by atoms with Crippen molar-refractivity contribution in [2.75, 3.05) is 13.2 Å². The average Bonchev–Trinajstić information content (AvgIpc) is 3.27. The number of carboxylic acid groups (broad SMARTS) is 1. The molecule has 4 aliphatic heterocycles. The average molecular weight is 703 g/mol. The zero-order valence-electron chi connectivity index (χ0n) is 31.6. The minimum absolute atomic E-state index is 0.136. The maximum atomic E-state index is 11.5. The summed E-state index contributed by atoms with van der Waals surface area (Å²) in [5, 5.41) is 20.2. The predicted molar refractivity (Wildman–Crippen MR) is 185 cm³/mol. The molecule has 2 bridgehead atoms. The maximum Gasteiger partial charge on any atom is 0.303 e. The second kappa shape index (κ2) is 13.2. The van der Waals surface area contributed by atoms with Gasteiger partial charge in [0, 0.05) is 24.7 Å². The number of hydrogen-bond donors (Lipinski definition) is 2. The van der Waals surface area contributed by atoms with E-state index in [0.717, 1.165) is 51.4 Å². The fourth-order valence-electron chi connectivity index (χ4n) is 14.3. The molecule has 1 spiro atoms. The topological polar surface area (TPSA) is 113 Å². The van der Waals surface area contributed by atoms with Gasteiger partial charge >= 0.3 is 5.97 Å². The molecule has 0 aromatic heterocycles. The summed E-state index contributed by atoms with van der Waals surface area (Å²) in [5.41, 5.74) is -0.132. The number of aliphatic hydroxyl groups is 1. The Morgan fingerprint density at radius 3 is 2.36 bits per heavy atom. The third kappa shape index (κ3) is 5.68. The van der Waals surface area contributed by atoms with Gasteiger partial charge in [0.05, 0.1) is 25.4 Å². The molecule has 0 aromatic rings. The third-order valence-corrected chi connectivity index (χ3v) is 17.0. The lowest BCUT2D eigenvalue weighted by molar-refractivity contribution is -0.577. The van der Waals surface area contributed by atoms with Crippen LogP contribution in [0.1, 0.15) is 131 Å². The summed E-state index contributed by atoms with van der Waals surface area (Å²) in [5.74, 6) is 2.86. The Hall–Kier alpha value is -0.810. The van der Waals surface area contributed by atoms with Crippen molar-refractivity contribution in [3.63, 3.8) is 0 Å². The Kier molecular flexibility index (Phi) is 9.55. The molecule has 2 N–H and O–H groups in total. The molecule has 9 aliphatic rings. The summed E-state index contributed by atoms with van der Waals surface area (Å²) < 4.78 is 26.9. The summed E-state index contributed by atoms with van der Waals surface area (Å²) in [6.45, 7) is 14.9. The van der Waals surface area contributed by atoms with E-state index in [1.807, 2.05) is 6.92 Å². The van der Waals surface area contributed by atoms with Gasteiger partial charge in [0.15, 0.2) is 18.2 Å². The normalized spacial score (nSPS) is 54.5. The number of carboxylic acids is 1. The van der Waals surface area contributed by atoms with Gasteiger partial charge in [0.25, 0.3) is 0 Å². The zero-order valence-corrected chi connectivity index (χ0v) is 31.6. The van der Waals surface area contributed by atoms with Crippen LogP contribution in [0.2, 0.25) is 0 Å². The summed E-state index contributed by atoms with van der Waals surface area (Å²) >= 11 is 0. The quantitative estimate of drug-likeness (QED) is 0.184. The molecule has 18 atom stereocenters. The summed E-state index contributed by atoms with van der Waals surface area (Å²) in [4.78, 5) is 23.8. The number of aliphatic carboxylic acids is 1. The standard InChI is InChI=1S/C41H66O9/c1-23(8-12-34(43)44)28-10-11-31-35-32(14-17-39(28,31)5)38(4)16-13-27(42)21-26(38)22-33(35)45-19-20-46-36-25(3)30-9-7-24(2)29-15-18-40(6)48-37(47-36)41(29,30)50-49-40/h23-33,35-37,42H,7-22H2,1-6H3,(H,43,44)/t23-,24-,25-,26?,27-,28-,29?,30?,31?,32?,33?,35?,36?,37?,38+,39-,40+,41-/m1/s1. The Morgan fingerprint density at radius 1 is 0.840 bits per heavy atom. The molecule has 9 rings (SSSR count). The fourth-order valence-corrected chi connectivity index (χ4v) is 14.3. The van der Waals surface area contributed by atoms with Crippen LogP contribution >= 0.6 is 0 Å². The van der Waals surface area contributed by atoms with E-state index in [-0.39, 0.29) is 41.3 Å². The summed E-state index contributed by atoms with van der Waals surface area (Å²) in [6.07, 6.45) is 12.8. The first-order valence-electron chi connectivity index (χ1n) is 20.6. The molecule has 4 heterocycles. The molecule has 0 aromatic carbocycles. The highest BCUT2D eigenvalue weighted by Gasteiger charge is 2.70. The molecule has 0 radical (unpaired) electrons. The highest BCUT2D eigenvalue weighted by Crippen LogP contribution is 2.69. The lowest BCUT2D eigenvalue weighted by Crippen LogP contribution is -2.70. The molecule has 0 amide bonds. The minimum Gasteiger partial charge on any atom is -0.481 e. The molecule has 9 nitrogen and oxygen atoms in total. The van der Waals surface area contributed by atoms with E-state index < -0.39 is 29.9 Å². The lowest BCUT2D eigenvalue weighted by atomic mass is 9.43. The second-order valence-electron chi connectivity index (χ2n) is 19.3. The van der Waals surface area contributed by atoms with Crippen LogP contribution in [-0.2, 0) is 33.5 Å². The van der Waals surface area contributed by atoms with Gasteiger partial charge in [-0.05, 0) is 142 Å². The molecule has 284 valence electrons. The van der Waals surface area contributed by atoms with Crippen molar-refractivity contribution in [2.45, 2.75) is 168 Å². The van der Waals surface area contributed by atoms with Gasteiger partial charge in [-0.15, -0.1) is 0 Å². The van der Waals surface area contributed by atoms with Crippen LogP contribution in [0.25, 0.3) is 0 Å². The molecule has 5 saturated carbocycles. The molecule has 9 heteroatoms. The van der Waals surface area contributed by atoms with Crippen molar-refractivity contribution in [3.8, 4) is 0 Å². The first-order valence-corrected chi connectivity index (χ1v) is 20.6. The van der Waals surface area contributed by atoms with E-state index in [1.54, 1.807) is 0 Å². The van der Waals surface area contributed by atoms with Gasteiger partial charge in [-0.3, -0.25) is 4.79 Å². The third-order valence-electron chi connectivity index (χ3n) is 17.0. The zero-order chi connectivity index (χ0) is 35.2. The van der Waals surface area contributed by atoms with Crippen LogP contribution in [0, 0.1) is 70.0 Å². The highest BCUT2D eigenvalue weighted by atomic mass is 17.3. The number of aliphatic hydroxyl groups excluding tert-OH is 1. The molecule has 9 unspecified atom stereocenters. The Labute approximate surface area is 300 Å². The monoisotopic (exact) mass is 702 g/mol. The number of rotatable bonds is 9. The summed E-state index contributed by atoms with van der Waals surface area (Å²) in [6, 6.07) is 0. The van der Waals surface area contributed by atoms with E-state index in [0.29, 0.717) is 60.6 Å². The minimum atomic E-state index is -0.799. The van der Waals surface area contributed by atoms with Crippen LogP contribution in [-0.4, -0.2) is 65.6 Å². The van der Waals surface area contributed by atoms with E-state index in [2.05, 4.69) is 34.6 Å². The van der Waals surface area contributed by atoms with Gasteiger partial charge in [0.2, 0.25) is 5.79 Å². The van der Waals surface area contributed by atoms with Gasteiger partial charge in [-0.2, -0.15) is 0 Å². The maximum absolute atomic E-state index is 11.5. The van der Waals surface area contributed by atoms with E-state index in [4.69, 9.17) is 28.7 Å². The smallest absolute Gasteiger partial charge is 0.303 e. The number of hydrogen-bond acceptors (Lipinski definition) is 8. The van der Waals surface area contributed by atoms with Gasteiger partial charge in [0.1, 0.15) is 0 Å². The molecule has 50 heavy (non-hydrogen) atoms. The van der Waals surface area contributed by atoms with Crippen LogP contribution in [0.4, 0.5) is 0 Å². The van der Waals surface area contributed by atoms with Crippen molar-refractivity contribution in [1.82, 2.24) is 0 Å². The van der Waals surface area contributed by atoms with E-state index in [9.17, 15) is 15.0 Å². The van der Waals surface area contributed by atoms with Gasteiger partial charge in [-0.1, -0.05) is 34.6 Å². The number of ether oxygens (including phenoxy) is 4. The Balaban J connectivity index is 0.967. The predicted octanol–water partition coefficient (Wildman–Crippen LogP) is 7.73. The van der Waals surface area contributed by atoms with Crippen molar-refractivity contribution >= 4 is 5.97 Å². The number of fused-ring (bicyclic) bond motifs is 7. The Bertz CT molecular complexity index is 1260. The molecule has 9 fully saturated rings. The highest BCUT2D eigenvalue weighted by molar-refractivity contribution is 5.66. The van der Waals surface area contributed by atoms with E-state index >= 15 is 0 Å². The van der Waals surface area contributed by atoms with E-state index in [1.165, 1.54) is 32.1 Å². The van der Waals surface area contributed by atoms with Crippen LogP contribution < -0.4 is 0 Å². The molecular formula is C41H66O9. The van der Waals surface area contributed by atoms with Crippen molar-refractivity contribution in [3.05, 3.63) is 0 Å². The second-order valence-corrected chi connectivity index (χ2v) is 19.3. The van der Waals surface area contributed by atoms with Gasteiger partial charge < -0.3 is 29.2 Å². The van der Waals surface area contributed by atoms with Crippen LogP contribution in [0.15, 0.2) is 0 Å². The first-order chi connectivity index (χ1) is 23.8. The van der Waals surface area contributed by atoms with Crippen molar-refractivity contribution < 1.29 is 43.7 Å². The SMILES string of the molecule is C[C@H]1C(OCCOC2CC3C[C@H](O)CC[C@]3(C)C3CC[C@@]4(C)C(CC[C@@H]4[C@H](C)CCC(=O)O)C23)OC2O[C@]3(C)CCC4[C@H](C)CCC1[C@@]24OO3. The fraction of sp³-hybridized carbons (Fsp3) is 0.976. The largest absolute Gasteiger partial charge is 0.481 e. The molecule has 5 aliphatic carbocycles. The summed E-state index contributed by atoms with van der Waals surface area (Å²) in [7, 11) is 0. The van der Waals surface area contributed by atoms with Gasteiger partial charge in [-0.25, -0.2) is 9.78 Å². The lowest BCUT2D eigenvalue weighted by Gasteiger charge is -2.63. The van der Waals surface area contributed by atoms with Crippen molar-refractivity contribution in [1.29, 1.82) is 0 Å². The molecular weight excluding hydrogens is 636 g/mol. The van der Waals surface area contributed by atoms with Crippen LogP contribution in [0.3, 0.4) is 0 Å². The van der Waals surface area contributed by atoms with Crippen molar-refractivity contribution in [2.24, 2.45) is 70.0 Å². The molecule has 4 saturated heterocycles. The Morgan fingerprint density at radius 2 is 1.56 bits per heavy atom.